The van der Waals surface area contributed by atoms with Crippen molar-refractivity contribution in [1.82, 2.24) is 35.0 Å². The van der Waals surface area contributed by atoms with Crippen LogP contribution in [0.5, 0.6) is 34.5 Å². The van der Waals surface area contributed by atoms with Crippen LogP contribution >= 0.6 is 22.7 Å². The Morgan fingerprint density at radius 3 is 1.22 bits per heavy atom. The largest absolute Gasteiger partial charge is 0.457 e. The number of piperidine rings is 1. The number of aliphatic hydroxyl groups is 6. The number of carbonyl (C=O) groups excluding carboxylic acids is 4. The number of alkyl halides is 9. The number of thiazole rings is 1. The Hall–Kier alpha value is -11.2. The van der Waals surface area contributed by atoms with E-state index in [1.54, 1.807) is 133 Å². The normalized spacial score (nSPS) is 13.9. The van der Waals surface area contributed by atoms with Crippen LogP contribution in [0.2, 0.25) is 0 Å². The first kappa shape index (κ1) is 79.3. The fourth-order valence-electron chi connectivity index (χ4n) is 10.8. The molecule has 108 heavy (non-hydrogen) atoms. The third-order valence-corrected chi connectivity index (χ3v) is 17.8. The lowest BCUT2D eigenvalue weighted by atomic mass is 9.96. The van der Waals surface area contributed by atoms with Gasteiger partial charge in [0.15, 0.2) is 11.6 Å². The van der Waals surface area contributed by atoms with E-state index < -0.39 is 103 Å². The average molecular weight is 1530 g/mol. The highest BCUT2D eigenvalue weighted by Crippen LogP contribution is 2.40. The van der Waals surface area contributed by atoms with Gasteiger partial charge in [0.2, 0.25) is 5.91 Å². The molecule has 1 aliphatic heterocycles. The van der Waals surface area contributed by atoms with Gasteiger partial charge >= 0.3 is 18.5 Å². The molecule has 2 amide bonds. The number of aliphatic hydroxyl groups excluding tert-OH is 6. The lowest BCUT2D eigenvalue weighted by Crippen LogP contribution is -2.44. The maximum absolute atomic E-state index is 13.4. The molecule has 560 valence electrons. The highest BCUT2D eigenvalue weighted by molar-refractivity contribution is 7.09. The van der Waals surface area contributed by atoms with Crippen molar-refractivity contribution in [3.63, 3.8) is 0 Å². The molecule has 32 heteroatoms. The molecule has 1 unspecified atom stereocenters. The second kappa shape index (κ2) is 35.4. The summed E-state index contributed by atoms with van der Waals surface area (Å²) in [5, 5.41) is 66.8. The summed E-state index contributed by atoms with van der Waals surface area (Å²) in [5.41, 5.74) is 7.83. The van der Waals surface area contributed by atoms with Crippen LogP contribution in [0.25, 0.3) is 33.8 Å². The summed E-state index contributed by atoms with van der Waals surface area (Å²) in [6.45, 7) is -1.09. The molecule has 12 rings (SSSR count). The number of nitrogens with two attached hydrogens (primary N) is 1. The molecular weight excluding hydrogens is 1470 g/mol. The Bertz CT molecular complexity index is 4700. The summed E-state index contributed by atoms with van der Waals surface area (Å²) < 4.78 is 137. The van der Waals surface area contributed by atoms with E-state index in [0.717, 1.165) is 65.9 Å². The lowest BCUT2D eigenvalue weighted by Gasteiger charge is -2.31. The average Bonchev–Trinajstić information content (AvgIpc) is 0.837. The summed E-state index contributed by atoms with van der Waals surface area (Å²) in [5.74, 6) is -2.15. The lowest BCUT2D eigenvalue weighted by molar-refractivity contribution is -0.138. The van der Waals surface area contributed by atoms with Gasteiger partial charge in [-0.3, -0.25) is 19.2 Å². The number of amides is 2. The van der Waals surface area contributed by atoms with Crippen LogP contribution in [0.3, 0.4) is 0 Å². The summed E-state index contributed by atoms with van der Waals surface area (Å²) in [7, 11) is 0. The molecule has 1 saturated heterocycles. The van der Waals surface area contributed by atoms with Crippen molar-refractivity contribution in [2.24, 2.45) is 11.7 Å². The fraction of sp³-hybridized carbons (Fsp3) is 0.211. The standard InChI is InChI=1S/C27H26F3N3O5.C25H19F3N2O4S.C24H18F3N3O4S/c28-27(29,30)18-8-11-24(20(13-18)26(37)33-12-2-3-17(14-33)25(31)36)38-19-9-6-16(7-10-19)21-4-1-5-22(32-21)23(35)15-34;26-25(27,28)16-6-9-23(18(12-16)21(32)13-24-29-10-11-35-24)34-17-7-4-15(5-8-17)19-2-1-3-20(30-19)22(33)14-31;25-24(26,27)15-6-9-22(17(10-15)20(32)11-23-30-28-13-35-23)34-16-7-4-14(5-8-16)18-2-1-3-19(29-18)21(33)12-31/h1,4-11,13,17,23,34-35H,2-3,12,14-15H2,(H2,31,36);1-12,22,31,33H,13-14H2;1-10,13,21,31,33H,11-12H2/t17?,23-;22-;21-/m111/s1. The van der Waals surface area contributed by atoms with Gasteiger partial charge in [0.25, 0.3) is 5.91 Å². The van der Waals surface area contributed by atoms with Gasteiger partial charge in [-0.15, -0.1) is 32.9 Å². The van der Waals surface area contributed by atoms with Crippen LogP contribution in [0.4, 0.5) is 39.5 Å². The van der Waals surface area contributed by atoms with Crippen molar-refractivity contribution < 1.29 is 104 Å². The number of ether oxygens (including phenoxy) is 3. The minimum atomic E-state index is -4.67. The van der Waals surface area contributed by atoms with E-state index in [0.29, 0.717) is 85.2 Å². The van der Waals surface area contributed by atoms with Crippen LogP contribution in [-0.4, -0.2) is 122 Å². The zero-order valence-electron chi connectivity index (χ0n) is 56.2. The zero-order chi connectivity index (χ0) is 77.5. The van der Waals surface area contributed by atoms with Crippen LogP contribution in [0.1, 0.15) is 106 Å². The Balaban J connectivity index is 0.000000173. The van der Waals surface area contributed by atoms with E-state index in [1.165, 1.54) is 27.9 Å². The molecule has 6 aromatic carbocycles. The first-order valence-corrected chi connectivity index (χ1v) is 34.4. The van der Waals surface area contributed by atoms with E-state index >= 15 is 0 Å². The minimum absolute atomic E-state index is 0.00139. The molecule has 0 radical (unpaired) electrons. The number of ketones is 2. The number of hydrogen-bond acceptors (Lipinski definition) is 21. The molecule has 5 aromatic heterocycles. The molecule has 4 atom stereocenters. The monoisotopic (exact) mass is 1530 g/mol. The summed E-state index contributed by atoms with van der Waals surface area (Å²) in [6, 6.07) is 42.8. The summed E-state index contributed by atoms with van der Waals surface area (Å²) in [4.78, 5) is 68.9. The Morgan fingerprint density at radius 2 is 0.880 bits per heavy atom. The third kappa shape index (κ3) is 20.9. The number of primary amides is 1. The van der Waals surface area contributed by atoms with Crippen LogP contribution < -0.4 is 19.9 Å². The number of Topliss-reactive ketones (excluding diaryl/α,β-unsaturated/α-hetero) is 2. The molecule has 0 saturated carbocycles. The molecule has 1 aliphatic rings. The maximum atomic E-state index is 13.4. The van der Waals surface area contributed by atoms with Gasteiger partial charge in [0.05, 0.1) is 106 Å². The SMILES string of the molecule is NC(=O)C1CCCN(C(=O)c2cc(C(F)(F)F)ccc2Oc2ccc(-c3cccc([C@H](O)CO)n3)cc2)C1.O=C(Cc1nccs1)c1cc(C(F)(F)F)ccc1Oc1ccc(-c2cccc([C@H](O)CO)n2)cc1.O=C(Cc1nncs1)c1cc(C(F)(F)F)ccc1Oc1ccc(-c2cccc([C@H](O)CO)n2)cc1. The van der Waals surface area contributed by atoms with Crippen LogP contribution in [-0.2, 0) is 36.2 Å². The number of halogens is 9. The summed E-state index contributed by atoms with van der Waals surface area (Å²) in [6.07, 6.45) is -15.0. The number of likely N-dealkylation sites (tertiary alicyclic amines) is 1. The van der Waals surface area contributed by atoms with E-state index in [-0.39, 0.29) is 65.6 Å². The highest BCUT2D eigenvalue weighted by Gasteiger charge is 2.37. The van der Waals surface area contributed by atoms with E-state index in [2.05, 4.69) is 30.1 Å². The van der Waals surface area contributed by atoms with Crippen molar-refractivity contribution in [3.05, 3.63) is 260 Å². The smallest absolute Gasteiger partial charge is 0.416 e. The van der Waals surface area contributed by atoms with E-state index in [1.807, 2.05) is 0 Å². The van der Waals surface area contributed by atoms with Gasteiger partial charge < -0.3 is 55.5 Å². The van der Waals surface area contributed by atoms with Crippen LogP contribution in [0.15, 0.2) is 199 Å². The van der Waals surface area contributed by atoms with E-state index in [4.69, 9.17) is 35.3 Å². The number of aromatic nitrogens is 6. The predicted octanol–water partition coefficient (Wildman–Crippen LogP) is 14.3. The number of pyridine rings is 3. The van der Waals surface area contributed by atoms with Crippen molar-refractivity contribution in [3.8, 4) is 68.3 Å². The second-order valence-corrected chi connectivity index (χ2v) is 25.8. The first-order valence-electron chi connectivity index (χ1n) is 32.6. The van der Waals surface area contributed by atoms with Crippen molar-refractivity contribution in [2.45, 2.75) is 62.5 Å². The molecule has 0 bridgehead atoms. The van der Waals surface area contributed by atoms with Gasteiger partial charge in [0.1, 0.15) is 68.3 Å². The molecular formula is C76H63F9N8O13S2. The number of hydrogen-bond donors (Lipinski definition) is 7. The first-order chi connectivity index (χ1) is 51.5. The van der Waals surface area contributed by atoms with Crippen LogP contribution in [0, 0.1) is 5.92 Å². The van der Waals surface area contributed by atoms with Crippen molar-refractivity contribution in [1.29, 1.82) is 0 Å². The van der Waals surface area contributed by atoms with E-state index in [9.17, 15) is 74.0 Å². The maximum Gasteiger partial charge on any atom is 0.416 e. The third-order valence-electron chi connectivity index (χ3n) is 16.4. The molecule has 6 heterocycles. The van der Waals surface area contributed by atoms with Gasteiger partial charge in [-0.2, -0.15) is 39.5 Å². The summed E-state index contributed by atoms with van der Waals surface area (Å²) >= 11 is 2.37. The fourth-order valence-corrected chi connectivity index (χ4v) is 11.9. The second-order valence-electron chi connectivity index (χ2n) is 23.9. The van der Waals surface area contributed by atoms with Gasteiger partial charge in [0, 0.05) is 41.4 Å². The van der Waals surface area contributed by atoms with Crippen molar-refractivity contribution in [2.75, 3.05) is 32.9 Å². The number of nitrogens with zero attached hydrogens (tertiary/aromatic N) is 7. The van der Waals surface area contributed by atoms with Crippen molar-refractivity contribution >= 4 is 46.1 Å². The number of rotatable bonds is 23. The zero-order valence-corrected chi connectivity index (χ0v) is 57.8. The highest BCUT2D eigenvalue weighted by atomic mass is 32.1. The number of benzene rings is 6. The topological polar surface area (TPSA) is 324 Å². The molecule has 11 aromatic rings. The van der Waals surface area contributed by atoms with Gasteiger partial charge in [-0.05, 0) is 177 Å². The number of carbonyl (C=O) groups is 4. The Kier molecular flexibility index (Phi) is 26.0. The molecule has 0 spiro atoms. The molecule has 0 aliphatic carbocycles. The molecule has 8 N–H and O–H groups in total. The molecule has 1 fully saturated rings. The van der Waals surface area contributed by atoms with Gasteiger partial charge in [-0.25, -0.2) is 19.9 Å². The predicted molar refractivity (Wildman–Crippen MR) is 376 cm³/mol. The van der Waals surface area contributed by atoms with Gasteiger partial charge in [-0.1, -0.05) is 18.2 Å². The minimum Gasteiger partial charge on any atom is -0.457 e. The Morgan fingerprint density at radius 1 is 0.500 bits per heavy atom. The molecule has 21 nitrogen and oxygen atoms in total. The Labute approximate surface area is 616 Å². The quantitative estimate of drug-likeness (QED) is 0.0231.